The van der Waals surface area contributed by atoms with E-state index in [0.717, 1.165) is 109 Å². The van der Waals surface area contributed by atoms with Gasteiger partial charge in [0.05, 0.1) is 13.1 Å². The number of rotatable bonds is 8. The van der Waals surface area contributed by atoms with Gasteiger partial charge in [0.25, 0.3) is 0 Å². The van der Waals surface area contributed by atoms with Crippen molar-refractivity contribution in [2.45, 2.75) is 77.5 Å². The zero-order chi connectivity index (χ0) is 37.9. The van der Waals surface area contributed by atoms with Crippen LogP contribution in [-0.4, -0.2) is 89.5 Å². The number of aromatic nitrogens is 6. The van der Waals surface area contributed by atoms with Gasteiger partial charge in [-0.1, -0.05) is 0 Å². The van der Waals surface area contributed by atoms with E-state index in [4.69, 9.17) is 38.6 Å². The van der Waals surface area contributed by atoms with Gasteiger partial charge in [0.15, 0.2) is 11.3 Å². The third kappa shape index (κ3) is 10.2. The Labute approximate surface area is 312 Å². The summed E-state index contributed by atoms with van der Waals surface area (Å²) in [4.78, 5) is 36.8. The third-order valence-corrected chi connectivity index (χ3v) is 9.23. The first-order chi connectivity index (χ1) is 26.2. The standard InChI is InChI=1S/2C18H23N5O.C2H2O4/c2*1-13-6-7-15(24-13)12-23-17-16(5-3-10-20-17)22-18(23)21-14-4-2-9-19-11-8-14;3-1(4)2(5)6/h2*3,5-7,10,14,19H,2,4,8-9,11-12H2,1H3,(H,21,22);(H,3,4)(H,5,6). The van der Waals surface area contributed by atoms with Gasteiger partial charge in [-0.25, -0.2) is 29.5 Å². The fraction of sp³-hybridized carbons (Fsp3) is 0.421. The summed E-state index contributed by atoms with van der Waals surface area (Å²) in [5.74, 6) is 1.80. The molecule has 54 heavy (non-hydrogen) atoms. The van der Waals surface area contributed by atoms with E-state index in [1.807, 2.05) is 74.8 Å². The summed E-state index contributed by atoms with van der Waals surface area (Å²) in [6.45, 7) is 9.49. The van der Waals surface area contributed by atoms with Crippen LogP contribution in [0.2, 0.25) is 0 Å². The van der Waals surface area contributed by atoms with Gasteiger partial charge in [0, 0.05) is 24.5 Å². The van der Waals surface area contributed by atoms with Crippen molar-refractivity contribution in [2.75, 3.05) is 36.8 Å². The van der Waals surface area contributed by atoms with Crippen LogP contribution in [0, 0.1) is 13.8 Å². The molecule has 16 nitrogen and oxygen atoms in total. The number of hydrogen-bond acceptors (Lipinski definition) is 12. The van der Waals surface area contributed by atoms with Crippen molar-refractivity contribution >= 4 is 46.2 Å². The number of nitrogens with one attached hydrogen (secondary N) is 4. The molecule has 286 valence electrons. The van der Waals surface area contributed by atoms with Gasteiger partial charge >= 0.3 is 11.9 Å². The Morgan fingerprint density at radius 3 is 1.52 bits per heavy atom. The predicted molar refractivity (Wildman–Crippen MR) is 204 cm³/mol. The third-order valence-electron chi connectivity index (χ3n) is 9.23. The molecule has 0 aromatic carbocycles. The highest BCUT2D eigenvalue weighted by Gasteiger charge is 2.20. The fourth-order valence-corrected chi connectivity index (χ4v) is 6.58. The number of hydrogen-bond donors (Lipinski definition) is 6. The van der Waals surface area contributed by atoms with E-state index in [1.54, 1.807) is 0 Å². The van der Waals surface area contributed by atoms with Gasteiger partial charge in [-0.05, 0) is 127 Å². The summed E-state index contributed by atoms with van der Waals surface area (Å²) in [7, 11) is 0. The summed E-state index contributed by atoms with van der Waals surface area (Å²) in [5.41, 5.74) is 3.60. The van der Waals surface area contributed by atoms with Crippen LogP contribution < -0.4 is 21.3 Å². The molecule has 6 aromatic rings. The van der Waals surface area contributed by atoms with Crippen molar-refractivity contribution in [1.82, 2.24) is 39.7 Å². The zero-order valence-electron chi connectivity index (χ0n) is 30.6. The minimum absolute atomic E-state index is 0.439. The topological polar surface area (TPSA) is 210 Å². The average molecular weight is 741 g/mol. The van der Waals surface area contributed by atoms with Crippen LogP contribution in [0.4, 0.5) is 11.9 Å². The lowest BCUT2D eigenvalue weighted by Crippen LogP contribution is -2.23. The van der Waals surface area contributed by atoms with E-state index in [9.17, 15) is 0 Å². The molecule has 0 amide bonds. The number of imidazole rings is 2. The second-order valence-electron chi connectivity index (χ2n) is 13.4. The maximum atomic E-state index is 9.10. The second kappa shape index (κ2) is 18.3. The van der Waals surface area contributed by atoms with Crippen LogP contribution in [0.1, 0.15) is 61.6 Å². The van der Waals surface area contributed by atoms with Crippen LogP contribution in [0.3, 0.4) is 0 Å². The molecule has 8 rings (SSSR count). The van der Waals surface area contributed by atoms with Crippen molar-refractivity contribution in [3.8, 4) is 0 Å². The number of carbonyl (C=O) groups is 2. The van der Waals surface area contributed by atoms with E-state index in [1.165, 1.54) is 12.8 Å². The summed E-state index contributed by atoms with van der Waals surface area (Å²) in [6.07, 6.45) is 10.5. The molecule has 0 radical (unpaired) electrons. The molecule has 8 heterocycles. The lowest BCUT2D eigenvalue weighted by atomic mass is 10.1. The maximum Gasteiger partial charge on any atom is 0.414 e. The molecular weight excluding hydrogens is 692 g/mol. The van der Waals surface area contributed by atoms with Crippen LogP contribution in [0.25, 0.3) is 22.3 Å². The van der Waals surface area contributed by atoms with Gasteiger partial charge < -0.3 is 40.3 Å². The number of pyridine rings is 2. The molecule has 2 unspecified atom stereocenters. The smallest absolute Gasteiger partial charge is 0.414 e. The Bertz CT molecular complexity index is 1970. The maximum absolute atomic E-state index is 9.10. The van der Waals surface area contributed by atoms with E-state index in [0.29, 0.717) is 25.2 Å². The predicted octanol–water partition coefficient (Wildman–Crippen LogP) is 5.03. The first-order valence-electron chi connectivity index (χ1n) is 18.4. The van der Waals surface area contributed by atoms with Crippen molar-refractivity contribution in [3.63, 3.8) is 0 Å². The number of furan rings is 2. The van der Waals surface area contributed by atoms with Gasteiger partial charge in [0.1, 0.15) is 34.1 Å². The number of nitrogens with zero attached hydrogens (tertiary/aromatic N) is 6. The SMILES string of the molecule is Cc1ccc(Cn2c(NC3CCCNCC3)nc3cccnc32)o1.Cc1ccc(Cn2c(NC3CCCNCC3)nc3cccnc32)o1.O=C(O)C(=O)O. The number of anilines is 2. The molecule has 0 spiro atoms. The highest BCUT2D eigenvalue weighted by atomic mass is 16.4. The Morgan fingerprint density at radius 1 is 0.685 bits per heavy atom. The number of fused-ring (bicyclic) bond motifs is 2. The molecule has 2 atom stereocenters. The summed E-state index contributed by atoms with van der Waals surface area (Å²) in [6, 6.07) is 16.8. The van der Waals surface area contributed by atoms with Crippen molar-refractivity contribution in [3.05, 3.63) is 84.0 Å². The molecule has 0 saturated carbocycles. The molecule has 2 saturated heterocycles. The van der Waals surface area contributed by atoms with E-state index in [2.05, 4.69) is 40.4 Å². The normalized spacial score (nSPS) is 17.4. The number of carboxylic acid groups (broad SMARTS) is 2. The molecule has 2 fully saturated rings. The first-order valence-corrected chi connectivity index (χ1v) is 18.4. The van der Waals surface area contributed by atoms with Crippen molar-refractivity contribution in [2.24, 2.45) is 0 Å². The Balaban J connectivity index is 0.000000160. The molecule has 0 bridgehead atoms. The minimum Gasteiger partial charge on any atom is -0.473 e. The highest BCUT2D eigenvalue weighted by Crippen LogP contribution is 2.24. The lowest BCUT2D eigenvalue weighted by molar-refractivity contribution is -0.159. The van der Waals surface area contributed by atoms with Crippen LogP contribution in [-0.2, 0) is 22.7 Å². The Kier molecular flexibility index (Phi) is 12.9. The monoisotopic (exact) mass is 740 g/mol. The molecule has 0 aliphatic carbocycles. The molecule has 2 aliphatic heterocycles. The molecule has 2 aliphatic rings. The molecule has 6 aromatic heterocycles. The second-order valence-corrected chi connectivity index (χ2v) is 13.4. The number of aliphatic carboxylic acids is 2. The largest absolute Gasteiger partial charge is 0.473 e. The Morgan fingerprint density at radius 2 is 1.13 bits per heavy atom. The average Bonchev–Trinajstić information content (AvgIpc) is 3.82. The molecule has 6 N–H and O–H groups in total. The van der Waals surface area contributed by atoms with Crippen LogP contribution >= 0.6 is 0 Å². The quantitative estimate of drug-likeness (QED) is 0.113. The van der Waals surface area contributed by atoms with Crippen LogP contribution in [0.15, 0.2) is 69.8 Å². The van der Waals surface area contributed by atoms with E-state index in [-0.39, 0.29) is 0 Å². The van der Waals surface area contributed by atoms with Crippen LogP contribution in [0.5, 0.6) is 0 Å². The number of aryl methyl sites for hydroxylation is 2. The van der Waals surface area contributed by atoms with Crippen molar-refractivity contribution < 1.29 is 28.6 Å². The molecule has 16 heteroatoms. The summed E-state index contributed by atoms with van der Waals surface area (Å²) in [5, 5.41) is 29.0. The summed E-state index contributed by atoms with van der Waals surface area (Å²) >= 11 is 0. The number of carboxylic acids is 2. The van der Waals surface area contributed by atoms with Gasteiger partial charge in [-0.2, -0.15) is 0 Å². The van der Waals surface area contributed by atoms with Crippen molar-refractivity contribution in [1.29, 1.82) is 0 Å². The van der Waals surface area contributed by atoms with E-state index < -0.39 is 11.9 Å². The first kappa shape index (κ1) is 38.0. The Hall–Kier alpha value is -5.74. The molecular formula is C38H48N10O6. The van der Waals surface area contributed by atoms with Gasteiger partial charge in [-0.3, -0.25) is 9.13 Å². The highest BCUT2D eigenvalue weighted by molar-refractivity contribution is 6.27. The van der Waals surface area contributed by atoms with Gasteiger partial charge in [-0.15, -0.1) is 0 Å². The minimum atomic E-state index is -1.82. The van der Waals surface area contributed by atoms with Gasteiger partial charge in [0.2, 0.25) is 11.9 Å². The zero-order valence-corrected chi connectivity index (χ0v) is 30.6. The van der Waals surface area contributed by atoms with E-state index >= 15 is 0 Å². The fourth-order valence-electron chi connectivity index (χ4n) is 6.58. The lowest BCUT2D eigenvalue weighted by Gasteiger charge is -2.17. The summed E-state index contributed by atoms with van der Waals surface area (Å²) < 4.78 is 15.7.